The molecule has 1 aromatic heterocycles. The Hall–Kier alpha value is -2.36. The molecule has 0 aliphatic carbocycles. The van der Waals surface area contributed by atoms with Crippen LogP contribution in [0.2, 0.25) is 0 Å². The van der Waals surface area contributed by atoms with Crippen molar-refractivity contribution in [1.29, 1.82) is 0 Å². The Balaban J connectivity index is 2.17. The van der Waals surface area contributed by atoms with Crippen molar-refractivity contribution in [2.24, 2.45) is 0 Å². The monoisotopic (exact) mass is 311 g/mol. The van der Waals surface area contributed by atoms with E-state index >= 15 is 0 Å². The van der Waals surface area contributed by atoms with Crippen molar-refractivity contribution in [2.75, 3.05) is 10.6 Å². The van der Waals surface area contributed by atoms with Crippen molar-refractivity contribution in [3.63, 3.8) is 0 Å². The second kappa shape index (κ2) is 6.82. The molecular weight excluding hydrogens is 286 g/mol. The van der Waals surface area contributed by atoms with Gasteiger partial charge in [-0.3, -0.25) is 4.79 Å². The van der Waals surface area contributed by atoms with Crippen LogP contribution in [0, 0.1) is 0 Å². The van der Waals surface area contributed by atoms with E-state index < -0.39 is 0 Å². The van der Waals surface area contributed by atoms with Crippen molar-refractivity contribution in [3.8, 4) is 0 Å². The molecule has 0 saturated carbocycles. The van der Waals surface area contributed by atoms with Crippen molar-refractivity contribution >= 4 is 17.3 Å². The summed E-state index contributed by atoms with van der Waals surface area (Å²) in [7, 11) is 0. The lowest BCUT2D eigenvalue weighted by Crippen LogP contribution is -2.19. The molecule has 0 aliphatic rings. The van der Waals surface area contributed by atoms with Gasteiger partial charge in [0.2, 0.25) is 0 Å². The molecule has 0 spiro atoms. The van der Waals surface area contributed by atoms with Gasteiger partial charge in [-0.05, 0) is 43.0 Å². The lowest BCUT2D eigenvalue weighted by atomic mass is 9.86. The van der Waals surface area contributed by atoms with Crippen molar-refractivity contribution < 1.29 is 4.79 Å². The largest absolute Gasteiger partial charge is 0.382 e. The first-order valence-corrected chi connectivity index (χ1v) is 7.91. The first-order valence-electron chi connectivity index (χ1n) is 7.91. The maximum atomic E-state index is 12.4. The van der Waals surface area contributed by atoms with Crippen LogP contribution >= 0.6 is 0 Å². The summed E-state index contributed by atoms with van der Waals surface area (Å²) >= 11 is 0. The summed E-state index contributed by atoms with van der Waals surface area (Å²) in [6.45, 7) is 10.5. The van der Waals surface area contributed by atoms with Gasteiger partial charge in [-0.25, -0.2) is 4.98 Å². The van der Waals surface area contributed by atoms with E-state index in [1.54, 1.807) is 12.3 Å². The summed E-state index contributed by atoms with van der Waals surface area (Å²) < 4.78 is 0. The van der Waals surface area contributed by atoms with Gasteiger partial charge in [-0.1, -0.05) is 39.0 Å². The van der Waals surface area contributed by atoms with Gasteiger partial charge in [0, 0.05) is 11.7 Å². The fourth-order valence-electron chi connectivity index (χ4n) is 2.38. The number of carbonyl (C=O) groups excluding carboxylic acids is 1. The van der Waals surface area contributed by atoms with E-state index in [0.717, 1.165) is 16.9 Å². The summed E-state index contributed by atoms with van der Waals surface area (Å²) in [6.07, 6.45) is 1.69. The highest BCUT2D eigenvalue weighted by atomic mass is 16.1. The Kier molecular flexibility index (Phi) is 5.04. The Morgan fingerprint density at radius 2 is 1.78 bits per heavy atom. The molecular formula is C19H25N3O. The summed E-state index contributed by atoms with van der Waals surface area (Å²) in [5.74, 6) is -0.196. The van der Waals surface area contributed by atoms with Crippen LogP contribution in [0.5, 0.6) is 0 Å². The molecule has 1 aromatic carbocycles. The number of aromatic nitrogens is 1. The normalized spacial score (nSPS) is 11.4. The number of hydrogen-bond acceptors (Lipinski definition) is 3. The number of pyridine rings is 1. The highest BCUT2D eigenvalue weighted by Gasteiger charge is 2.19. The van der Waals surface area contributed by atoms with Gasteiger partial charge in [-0.2, -0.15) is 0 Å². The Bertz CT molecular complexity index is 670. The third-order valence-electron chi connectivity index (χ3n) is 3.43. The molecule has 0 radical (unpaired) electrons. The number of nitrogens with zero attached hydrogens (tertiary/aromatic N) is 1. The lowest BCUT2D eigenvalue weighted by molar-refractivity contribution is 0.102. The number of para-hydroxylation sites is 1. The molecule has 0 unspecified atom stereocenters. The fourth-order valence-corrected chi connectivity index (χ4v) is 2.38. The summed E-state index contributed by atoms with van der Waals surface area (Å²) in [5, 5.41) is 6.23. The number of benzene rings is 1. The van der Waals surface area contributed by atoms with Crippen LogP contribution in [-0.4, -0.2) is 16.9 Å². The molecule has 4 nitrogen and oxygen atoms in total. The van der Waals surface area contributed by atoms with Crippen LogP contribution in [-0.2, 0) is 5.41 Å². The molecule has 0 fully saturated rings. The minimum atomic E-state index is -0.196. The average molecular weight is 311 g/mol. The molecule has 0 aliphatic heterocycles. The maximum Gasteiger partial charge on any atom is 0.274 e. The number of rotatable bonds is 4. The molecule has 2 N–H and O–H groups in total. The van der Waals surface area contributed by atoms with E-state index in [0.29, 0.717) is 11.7 Å². The third kappa shape index (κ3) is 4.55. The summed E-state index contributed by atoms with van der Waals surface area (Å²) in [4.78, 5) is 16.7. The van der Waals surface area contributed by atoms with Crippen LogP contribution < -0.4 is 10.6 Å². The van der Waals surface area contributed by atoms with Crippen molar-refractivity contribution in [1.82, 2.24) is 4.98 Å². The molecule has 4 heteroatoms. The average Bonchev–Trinajstić information content (AvgIpc) is 2.46. The van der Waals surface area contributed by atoms with Crippen LogP contribution in [0.15, 0.2) is 42.6 Å². The van der Waals surface area contributed by atoms with Gasteiger partial charge in [0.15, 0.2) is 0 Å². The third-order valence-corrected chi connectivity index (χ3v) is 3.43. The molecule has 1 heterocycles. The second-order valence-electron chi connectivity index (χ2n) is 6.98. The molecule has 0 atom stereocenters. The van der Waals surface area contributed by atoms with E-state index in [1.165, 1.54) is 0 Å². The number of amides is 1. The topological polar surface area (TPSA) is 54.0 Å². The Morgan fingerprint density at radius 1 is 1.09 bits per heavy atom. The number of nitrogens with one attached hydrogen (secondary N) is 2. The van der Waals surface area contributed by atoms with Crippen LogP contribution in [0.25, 0.3) is 0 Å². The minimum Gasteiger partial charge on any atom is -0.382 e. The molecule has 0 saturated heterocycles. The quantitative estimate of drug-likeness (QED) is 0.877. The Labute approximate surface area is 138 Å². The van der Waals surface area contributed by atoms with Gasteiger partial charge in [0.25, 0.3) is 5.91 Å². The standard InChI is InChI=1S/C19H25N3O/c1-13(2)21-14-10-11-17(20-12-14)18(23)22-16-9-7-6-8-15(16)19(3,4)5/h6-13,21H,1-5H3,(H,22,23). The zero-order valence-electron chi connectivity index (χ0n) is 14.5. The predicted octanol–water partition coefficient (Wildman–Crippen LogP) is 4.45. The summed E-state index contributed by atoms with van der Waals surface area (Å²) in [6, 6.07) is 11.8. The first kappa shape index (κ1) is 17.0. The predicted molar refractivity (Wildman–Crippen MR) is 96.1 cm³/mol. The van der Waals surface area contributed by atoms with E-state index in [2.05, 4.69) is 50.2 Å². The molecule has 2 aromatic rings. The first-order chi connectivity index (χ1) is 10.8. The van der Waals surface area contributed by atoms with Crippen LogP contribution in [0.1, 0.15) is 50.7 Å². The van der Waals surface area contributed by atoms with Gasteiger partial charge < -0.3 is 10.6 Å². The van der Waals surface area contributed by atoms with Crippen LogP contribution in [0.3, 0.4) is 0 Å². The fraction of sp³-hybridized carbons (Fsp3) is 0.368. The highest BCUT2D eigenvalue weighted by molar-refractivity contribution is 6.03. The van der Waals surface area contributed by atoms with Crippen molar-refractivity contribution in [2.45, 2.75) is 46.1 Å². The Morgan fingerprint density at radius 3 is 2.35 bits per heavy atom. The number of hydrogen-bond donors (Lipinski definition) is 2. The zero-order chi connectivity index (χ0) is 17.0. The minimum absolute atomic E-state index is 0.0393. The van der Waals surface area contributed by atoms with E-state index in [4.69, 9.17) is 0 Å². The highest BCUT2D eigenvalue weighted by Crippen LogP contribution is 2.29. The van der Waals surface area contributed by atoms with Gasteiger partial charge in [0.1, 0.15) is 5.69 Å². The van der Waals surface area contributed by atoms with Gasteiger partial charge in [0.05, 0.1) is 11.9 Å². The smallest absolute Gasteiger partial charge is 0.274 e. The second-order valence-corrected chi connectivity index (χ2v) is 6.98. The SMILES string of the molecule is CC(C)Nc1ccc(C(=O)Nc2ccccc2C(C)(C)C)nc1. The van der Waals surface area contributed by atoms with E-state index in [9.17, 15) is 4.79 Å². The lowest BCUT2D eigenvalue weighted by Gasteiger charge is -2.22. The molecule has 1 amide bonds. The van der Waals surface area contributed by atoms with E-state index in [1.807, 2.05) is 30.3 Å². The van der Waals surface area contributed by atoms with Crippen molar-refractivity contribution in [3.05, 3.63) is 53.9 Å². The number of anilines is 2. The van der Waals surface area contributed by atoms with Gasteiger partial charge >= 0.3 is 0 Å². The molecule has 122 valence electrons. The molecule has 2 rings (SSSR count). The van der Waals surface area contributed by atoms with Crippen LogP contribution in [0.4, 0.5) is 11.4 Å². The maximum absolute atomic E-state index is 12.4. The summed E-state index contributed by atoms with van der Waals surface area (Å²) in [5.41, 5.74) is 3.21. The zero-order valence-corrected chi connectivity index (χ0v) is 14.5. The molecule has 23 heavy (non-hydrogen) atoms. The number of carbonyl (C=O) groups is 1. The van der Waals surface area contributed by atoms with Gasteiger partial charge in [-0.15, -0.1) is 0 Å². The van der Waals surface area contributed by atoms with E-state index in [-0.39, 0.29) is 11.3 Å². The molecule has 0 bridgehead atoms.